The summed E-state index contributed by atoms with van der Waals surface area (Å²) in [7, 11) is 1.54. The Morgan fingerprint density at radius 1 is 1.30 bits per heavy atom. The van der Waals surface area contributed by atoms with Gasteiger partial charge in [-0.3, -0.25) is 4.90 Å². The van der Waals surface area contributed by atoms with Gasteiger partial charge in [0.25, 0.3) is 0 Å². The molecule has 0 saturated carbocycles. The van der Waals surface area contributed by atoms with Gasteiger partial charge < -0.3 is 10.1 Å². The van der Waals surface area contributed by atoms with Gasteiger partial charge in [-0.2, -0.15) is 10.5 Å². The molecule has 5 heteroatoms. The van der Waals surface area contributed by atoms with Crippen LogP contribution in [0.25, 0.3) is 0 Å². The standard InChI is InChI=1S/C15H18N4O/c1-20-15-4-3-12(9-13(15)10-16)14(11-17)19-7-2-5-18-6-8-19/h3-4,9,14,18H,2,5-8H2,1H3. The Hall–Kier alpha value is -2.08. The maximum absolute atomic E-state index is 9.49. The van der Waals surface area contributed by atoms with Gasteiger partial charge in [0, 0.05) is 19.6 Å². The summed E-state index contributed by atoms with van der Waals surface area (Å²) < 4.78 is 5.14. The molecule has 20 heavy (non-hydrogen) atoms. The third kappa shape index (κ3) is 3.08. The van der Waals surface area contributed by atoms with E-state index in [2.05, 4.69) is 22.4 Å². The monoisotopic (exact) mass is 270 g/mol. The maximum atomic E-state index is 9.49. The van der Waals surface area contributed by atoms with Crippen LogP contribution in [0, 0.1) is 22.7 Å². The van der Waals surface area contributed by atoms with E-state index in [-0.39, 0.29) is 6.04 Å². The summed E-state index contributed by atoms with van der Waals surface area (Å²) in [6, 6.07) is 9.54. The Kier molecular flexibility index (Phi) is 4.95. The van der Waals surface area contributed by atoms with Gasteiger partial charge in [-0.1, -0.05) is 6.07 Å². The number of ether oxygens (including phenoxy) is 1. The number of benzene rings is 1. The number of nitriles is 2. The summed E-state index contributed by atoms with van der Waals surface area (Å²) in [5.74, 6) is 0.547. The van der Waals surface area contributed by atoms with Crippen molar-refractivity contribution in [2.45, 2.75) is 12.5 Å². The Balaban J connectivity index is 2.27. The second-order valence-electron chi connectivity index (χ2n) is 4.74. The van der Waals surface area contributed by atoms with E-state index in [0.29, 0.717) is 11.3 Å². The molecule has 0 amide bonds. The lowest BCUT2D eigenvalue weighted by Gasteiger charge is -2.25. The third-order valence-electron chi connectivity index (χ3n) is 3.52. The number of hydrogen-bond acceptors (Lipinski definition) is 5. The molecule has 1 heterocycles. The average Bonchev–Trinajstić information content (AvgIpc) is 2.77. The maximum Gasteiger partial charge on any atom is 0.136 e. The van der Waals surface area contributed by atoms with E-state index in [4.69, 9.17) is 10.00 Å². The van der Waals surface area contributed by atoms with Crippen molar-refractivity contribution in [2.75, 3.05) is 33.3 Å². The highest BCUT2D eigenvalue weighted by atomic mass is 16.5. The summed E-state index contributed by atoms with van der Waals surface area (Å²) >= 11 is 0. The molecule has 1 saturated heterocycles. The fourth-order valence-electron chi connectivity index (χ4n) is 2.47. The van der Waals surface area contributed by atoms with Crippen LogP contribution < -0.4 is 10.1 Å². The highest BCUT2D eigenvalue weighted by molar-refractivity contribution is 5.46. The Morgan fingerprint density at radius 2 is 2.15 bits per heavy atom. The summed E-state index contributed by atoms with van der Waals surface area (Å²) in [4.78, 5) is 2.16. The van der Waals surface area contributed by atoms with Crippen LogP contribution >= 0.6 is 0 Å². The van der Waals surface area contributed by atoms with Crippen LogP contribution in [-0.4, -0.2) is 38.2 Å². The molecule has 1 aliphatic rings. The van der Waals surface area contributed by atoms with Gasteiger partial charge in [-0.05, 0) is 30.7 Å². The molecule has 5 nitrogen and oxygen atoms in total. The van der Waals surface area contributed by atoms with E-state index in [1.165, 1.54) is 7.11 Å². The van der Waals surface area contributed by atoms with Crippen LogP contribution in [0.2, 0.25) is 0 Å². The quantitative estimate of drug-likeness (QED) is 0.899. The predicted molar refractivity (Wildman–Crippen MR) is 75.1 cm³/mol. The van der Waals surface area contributed by atoms with Gasteiger partial charge in [-0.25, -0.2) is 0 Å². The molecule has 1 aromatic carbocycles. The predicted octanol–water partition coefficient (Wildman–Crippen LogP) is 1.43. The summed E-state index contributed by atoms with van der Waals surface area (Å²) in [5, 5.41) is 22.0. The number of methoxy groups -OCH3 is 1. The number of nitrogens with one attached hydrogen (secondary N) is 1. The van der Waals surface area contributed by atoms with Crippen molar-refractivity contribution in [2.24, 2.45) is 0 Å². The van der Waals surface area contributed by atoms with E-state index in [9.17, 15) is 5.26 Å². The molecule has 0 aliphatic carbocycles. The molecule has 0 bridgehead atoms. The fourth-order valence-corrected chi connectivity index (χ4v) is 2.47. The highest BCUT2D eigenvalue weighted by Crippen LogP contribution is 2.26. The first-order valence-electron chi connectivity index (χ1n) is 6.72. The molecule has 104 valence electrons. The molecule has 1 atom stereocenters. The smallest absolute Gasteiger partial charge is 0.136 e. The zero-order valence-corrected chi connectivity index (χ0v) is 11.6. The van der Waals surface area contributed by atoms with Gasteiger partial charge in [-0.15, -0.1) is 0 Å². The number of hydrogen-bond donors (Lipinski definition) is 1. The van der Waals surface area contributed by atoms with Crippen molar-refractivity contribution in [1.29, 1.82) is 10.5 Å². The number of rotatable bonds is 3. The molecule has 0 spiro atoms. The molecule has 1 aromatic rings. The summed E-state index contributed by atoms with van der Waals surface area (Å²) in [5.41, 5.74) is 1.32. The van der Waals surface area contributed by atoms with Crippen LogP contribution in [0.15, 0.2) is 18.2 Å². The van der Waals surface area contributed by atoms with E-state index >= 15 is 0 Å². The first-order chi connectivity index (χ1) is 9.80. The Morgan fingerprint density at radius 3 is 2.85 bits per heavy atom. The van der Waals surface area contributed by atoms with Crippen molar-refractivity contribution in [3.05, 3.63) is 29.3 Å². The minimum absolute atomic E-state index is 0.312. The highest BCUT2D eigenvalue weighted by Gasteiger charge is 2.22. The zero-order valence-electron chi connectivity index (χ0n) is 11.6. The first kappa shape index (κ1) is 14.3. The summed E-state index contributed by atoms with van der Waals surface area (Å²) in [6.45, 7) is 3.60. The van der Waals surface area contributed by atoms with E-state index in [1.807, 2.05) is 6.07 Å². The van der Waals surface area contributed by atoms with E-state index in [0.717, 1.165) is 38.2 Å². The molecule has 1 unspecified atom stereocenters. The Bertz CT molecular complexity index is 536. The minimum Gasteiger partial charge on any atom is -0.495 e. The van der Waals surface area contributed by atoms with Gasteiger partial charge >= 0.3 is 0 Å². The van der Waals surface area contributed by atoms with Gasteiger partial charge in [0.05, 0.1) is 18.7 Å². The lowest BCUT2D eigenvalue weighted by molar-refractivity contribution is 0.252. The molecule has 2 rings (SSSR count). The second-order valence-corrected chi connectivity index (χ2v) is 4.74. The van der Waals surface area contributed by atoms with Gasteiger partial charge in [0.2, 0.25) is 0 Å². The van der Waals surface area contributed by atoms with Crippen molar-refractivity contribution in [3.8, 4) is 17.9 Å². The van der Waals surface area contributed by atoms with Crippen molar-refractivity contribution < 1.29 is 4.74 Å². The van der Waals surface area contributed by atoms with E-state index in [1.54, 1.807) is 12.1 Å². The molecule has 1 fully saturated rings. The fraction of sp³-hybridized carbons (Fsp3) is 0.467. The lowest BCUT2D eigenvalue weighted by atomic mass is 10.0. The van der Waals surface area contributed by atoms with Crippen LogP contribution in [0.1, 0.15) is 23.6 Å². The molecular formula is C15H18N4O. The van der Waals surface area contributed by atoms with Crippen molar-refractivity contribution in [3.63, 3.8) is 0 Å². The largest absolute Gasteiger partial charge is 0.495 e. The third-order valence-corrected chi connectivity index (χ3v) is 3.52. The lowest BCUT2D eigenvalue weighted by Crippen LogP contribution is -2.31. The Labute approximate surface area is 119 Å². The first-order valence-corrected chi connectivity index (χ1v) is 6.72. The normalized spacial score (nSPS) is 17.6. The van der Waals surface area contributed by atoms with Gasteiger partial charge in [0.1, 0.15) is 17.9 Å². The molecule has 0 aromatic heterocycles. The molecular weight excluding hydrogens is 252 g/mol. The zero-order chi connectivity index (χ0) is 14.4. The minimum atomic E-state index is -0.312. The average molecular weight is 270 g/mol. The SMILES string of the molecule is COc1ccc(C(C#N)N2CCCNCC2)cc1C#N. The van der Waals surface area contributed by atoms with Crippen LogP contribution in [-0.2, 0) is 0 Å². The number of nitrogens with zero attached hydrogens (tertiary/aromatic N) is 3. The van der Waals surface area contributed by atoms with Crippen LogP contribution in [0.3, 0.4) is 0 Å². The molecule has 1 N–H and O–H groups in total. The van der Waals surface area contributed by atoms with E-state index < -0.39 is 0 Å². The van der Waals surface area contributed by atoms with Crippen LogP contribution in [0.4, 0.5) is 0 Å². The van der Waals surface area contributed by atoms with Crippen molar-refractivity contribution >= 4 is 0 Å². The molecule has 0 radical (unpaired) electrons. The second kappa shape index (κ2) is 6.91. The molecule has 1 aliphatic heterocycles. The van der Waals surface area contributed by atoms with Crippen molar-refractivity contribution in [1.82, 2.24) is 10.2 Å². The summed E-state index contributed by atoms with van der Waals surface area (Å²) in [6.07, 6.45) is 1.03. The van der Waals surface area contributed by atoms with Crippen LogP contribution in [0.5, 0.6) is 5.75 Å². The topological polar surface area (TPSA) is 72.1 Å². The van der Waals surface area contributed by atoms with Gasteiger partial charge in [0.15, 0.2) is 0 Å².